The van der Waals surface area contributed by atoms with Crippen LogP contribution in [0.25, 0.3) is 11.3 Å². The second-order valence-electron chi connectivity index (χ2n) is 7.18. The van der Waals surface area contributed by atoms with Gasteiger partial charge < -0.3 is 19.6 Å². The van der Waals surface area contributed by atoms with Crippen molar-refractivity contribution in [1.82, 2.24) is 15.1 Å². The lowest BCUT2D eigenvalue weighted by atomic mass is 10.0. The van der Waals surface area contributed by atoms with Gasteiger partial charge in [0.15, 0.2) is 5.82 Å². The highest BCUT2D eigenvalue weighted by molar-refractivity contribution is 5.76. The standard InChI is InChI=1S/C20H26N4O3/c1-13-9-14(2)20(17(25)10-13)16-5-6-18(22-21-16)24-7-8-27-15(12-24)11-19(26)23(3)4/h5-6,9-10,15,25H,7-8,11-12H2,1-4H3/t15-/m0/s1. The molecule has 7 nitrogen and oxygen atoms in total. The lowest BCUT2D eigenvalue weighted by Gasteiger charge is -2.33. The summed E-state index contributed by atoms with van der Waals surface area (Å²) >= 11 is 0. The Balaban J connectivity index is 1.75. The van der Waals surface area contributed by atoms with Crippen molar-refractivity contribution in [2.75, 3.05) is 38.7 Å². The first-order valence-corrected chi connectivity index (χ1v) is 9.06. The molecule has 2 aromatic rings. The Hall–Kier alpha value is -2.67. The molecule has 1 saturated heterocycles. The number of rotatable bonds is 4. The summed E-state index contributed by atoms with van der Waals surface area (Å²) in [6.07, 6.45) is 0.198. The number of carbonyl (C=O) groups is 1. The van der Waals surface area contributed by atoms with Crippen LogP contribution >= 0.6 is 0 Å². The van der Waals surface area contributed by atoms with E-state index in [1.165, 1.54) is 0 Å². The van der Waals surface area contributed by atoms with Gasteiger partial charge in [0.25, 0.3) is 0 Å². The van der Waals surface area contributed by atoms with E-state index in [0.717, 1.165) is 16.9 Å². The summed E-state index contributed by atoms with van der Waals surface area (Å²) in [5, 5.41) is 18.9. The van der Waals surface area contributed by atoms with Crippen molar-refractivity contribution in [1.29, 1.82) is 0 Å². The summed E-state index contributed by atoms with van der Waals surface area (Å²) in [5.74, 6) is 1.00. The monoisotopic (exact) mass is 370 g/mol. The van der Waals surface area contributed by atoms with E-state index in [4.69, 9.17) is 4.74 Å². The van der Waals surface area contributed by atoms with Crippen LogP contribution < -0.4 is 4.90 Å². The van der Waals surface area contributed by atoms with Crippen LogP contribution in [0.4, 0.5) is 5.82 Å². The molecule has 0 saturated carbocycles. The molecule has 1 aromatic heterocycles. The van der Waals surface area contributed by atoms with Crippen molar-refractivity contribution >= 4 is 11.7 Å². The van der Waals surface area contributed by atoms with E-state index in [0.29, 0.717) is 37.4 Å². The van der Waals surface area contributed by atoms with E-state index in [9.17, 15) is 9.90 Å². The Morgan fingerprint density at radius 1 is 1.30 bits per heavy atom. The number of phenols is 1. The van der Waals surface area contributed by atoms with Gasteiger partial charge in [-0.1, -0.05) is 6.07 Å². The van der Waals surface area contributed by atoms with Gasteiger partial charge in [-0.05, 0) is 43.2 Å². The van der Waals surface area contributed by atoms with Crippen molar-refractivity contribution in [2.24, 2.45) is 0 Å². The molecule has 27 heavy (non-hydrogen) atoms. The van der Waals surface area contributed by atoms with Crippen LogP contribution in [0.5, 0.6) is 5.75 Å². The first-order chi connectivity index (χ1) is 12.8. The molecule has 144 valence electrons. The van der Waals surface area contributed by atoms with Gasteiger partial charge >= 0.3 is 0 Å². The van der Waals surface area contributed by atoms with Crippen molar-refractivity contribution in [2.45, 2.75) is 26.4 Å². The lowest BCUT2D eigenvalue weighted by molar-refractivity contribution is -0.131. The molecule has 0 unspecified atom stereocenters. The number of hydrogen-bond acceptors (Lipinski definition) is 6. The molecule has 7 heteroatoms. The molecular formula is C20H26N4O3. The molecule has 1 fully saturated rings. The van der Waals surface area contributed by atoms with E-state index >= 15 is 0 Å². The van der Waals surface area contributed by atoms with Crippen molar-refractivity contribution in [3.8, 4) is 17.0 Å². The van der Waals surface area contributed by atoms with Crippen molar-refractivity contribution in [3.05, 3.63) is 35.4 Å². The minimum absolute atomic E-state index is 0.0496. The fourth-order valence-electron chi connectivity index (χ4n) is 3.33. The van der Waals surface area contributed by atoms with Gasteiger partial charge in [0.05, 0.1) is 24.8 Å². The zero-order chi connectivity index (χ0) is 19.6. The van der Waals surface area contributed by atoms with Crippen LogP contribution in [0.1, 0.15) is 17.5 Å². The van der Waals surface area contributed by atoms with Gasteiger partial charge in [-0.25, -0.2) is 0 Å². The average molecular weight is 370 g/mol. The third kappa shape index (κ3) is 4.36. The maximum absolute atomic E-state index is 11.9. The minimum atomic E-state index is -0.154. The Morgan fingerprint density at radius 2 is 2.07 bits per heavy atom. The average Bonchev–Trinajstić information content (AvgIpc) is 2.61. The smallest absolute Gasteiger partial charge is 0.224 e. The third-order valence-corrected chi connectivity index (χ3v) is 4.73. The maximum atomic E-state index is 11.9. The Morgan fingerprint density at radius 3 is 2.70 bits per heavy atom. The van der Waals surface area contributed by atoms with Crippen molar-refractivity contribution < 1.29 is 14.6 Å². The Bertz CT molecular complexity index is 797. The summed E-state index contributed by atoms with van der Waals surface area (Å²) in [7, 11) is 3.49. The van der Waals surface area contributed by atoms with Crippen LogP contribution in [-0.4, -0.2) is 66.0 Å². The minimum Gasteiger partial charge on any atom is -0.507 e. The van der Waals surface area contributed by atoms with Gasteiger partial charge in [0, 0.05) is 32.7 Å². The highest BCUT2D eigenvalue weighted by Crippen LogP contribution is 2.32. The van der Waals surface area contributed by atoms with E-state index in [1.54, 1.807) is 25.1 Å². The second-order valence-corrected chi connectivity index (χ2v) is 7.18. The summed E-state index contributed by atoms with van der Waals surface area (Å²) in [6, 6.07) is 7.51. The van der Waals surface area contributed by atoms with Gasteiger partial charge in [0.2, 0.25) is 5.91 Å². The first kappa shape index (κ1) is 19.1. The van der Waals surface area contributed by atoms with Crippen LogP contribution in [0.2, 0.25) is 0 Å². The van der Waals surface area contributed by atoms with E-state index in [-0.39, 0.29) is 17.8 Å². The van der Waals surface area contributed by atoms with E-state index in [1.807, 2.05) is 32.0 Å². The fraction of sp³-hybridized carbons (Fsp3) is 0.450. The molecule has 1 aromatic carbocycles. The number of amides is 1. The SMILES string of the molecule is Cc1cc(C)c(-c2ccc(N3CCO[C@@H](CC(=O)N(C)C)C3)nn2)c(O)c1. The Kier molecular flexibility index (Phi) is 5.60. The molecule has 0 aliphatic carbocycles. The number of aromatic nitrogens is 2. The quantitative estimate of drug-likeness (QED) is 0.888. The molecule has 1 atom stereocenters. The molecular weight excluding hydrogens is 344 g/mol. The normalized spacial score (nSPS) is 17.0. The summed E-state index contributed by atoms with van der Waals surface area (Å²) in [6.45, 7) is 5.75. The number of ether oxygens (including phenoxy) is 1. The number of hydrogen-bond donors (Lipinski definition) is 1. The number of carbonyl (C=O) groups excluding carboxylic acids is 1. The third-order valence-electron chi connectivity index (χ3n) is 4.73. The number of nitrogens with zero attached hydrogens (tertiary/aromatic N) is 4. The predicted octanol–water partition coefficient (Wildman–Crippen LogP) is 2.15. The summed E-state index contributed by atoms with van der Waals surface area (Å²) in [4.78, 5) is 15.6. The van der Waals surface area contributed by atoms with Gasteiger partial charge in [-0.15, -0.1) is 10.2 Å². The molecule has 3 rings (SSSR count). The number of aromatic hydroxyl groups is 1. The van der Waals surface area contributed by atoms with E-state index in [2.05, 4.69) is 15.1 Å². The number of morpholine rings is 1. The molecule has 1 N–H and O–H groups in total. The van der Waals surface area contributed by atoms with Gasteiger partial charge in [-0.3, -0.25) is 4.79 Å². The van der Waals surface area contributed by atoms with E-state index < -0.39 is 0 Å². The van der Waals surface area contributed by atoms with Gasteiger partial charge in [0.1, 0.15) is 5.75 Å². The topological polar surface area (TPSA) is 78.8 Å². The molecule has 1 amide bonds. The molecule has 1 aliphatic rings. The maximum Gasteiger partial charge on any atom is 0.224 e. The molecule has 2 heterocycles. The number of benzene rings is 1. The number of anilines is 1. The fourth-order valence-corrected chi connectivity index (χ4v) is 3.33. The lowest BCUT2D eigenvalue weighted by Crippen LogP contribution is -2.44. The molecule has 1 aliphatic heterocycles. The Labute approximate surface area is 159 Å². The number of aryl methyl sites for hydroxylation is 2. The molecule has 0 radical (unpaired) electrons. The van der Waals surface area contributed by atoms with Crippen LogP contribution in [0, 0.1) is 13.8 Å². The largest absolute Gasteiger partial charge is 0.507 e. The molecule has 0 spiro atoms. The number of phenolic OH excluding ortho intramolecular Hbond substituents is 1. The predicted molar refractivity (Wildman–Crippen MR) is 104 cm³/mol. The van der Waals surface area contributed by atoms with Gasteiger partial charge in [-0.2, -0.15) is 0 Å². The highest BCUT2D eigenvalue weighted by Gasteiger charge is 2.24. The first-order valence-electron chi connectivity index (χ1n) is 9.06. The second kappa shape index (κ2) is 7.92. The van der Waals surface area contributed by atoms with Crippen LogP contribution in [0.3, 0.4) is 0 Å². The zero-order valence-electron chi connectivity index (χ0n) is 16.3. The van der Waals surface area contributed by atoms with Crippen LogP contribution in [0.15, 0.2) is 24.3 Å². The highest BCUT2D eigenvalue weighted by atomic mass is 16.5. The van der Waals surface area contributed by atoms with Crippen molar-refractivity contribution in [3.63, 3.8) is 0 Å². The van der Waals surface area contributed by atoms with Crippen LogP contribution in [-0.2, 0) is 9.53 Å². The summed E-state index contributed by atoms with van der Waals surface area (Å²) in [5.41, 5.74) is 3.31. The molecule has 0 bridgehead atoms. The zero-order valence-corrected chi connectivity index (χ0v) is 16.3. The summed E-state index contributed by atoms with van der Waals surface area (Å²) < 4.78 is 5.72.